The molecule has 3 heteroatoms. The van der Waals surface area contributed by atoms with Crippen molar-refractivity contribution in [3.8, 4) is 0 Å². The fourth-order valence-corrected chi connectivity index (χ4v) is 2.93. The van der Waals surface area contributed by atoms with Crippen molar-refractivity contribution >= 4 is 5.91 Å². The predicted octanol–water partition coefficient (Wildman–Crippen LogP) is 1.91. The Hall–Kier alpha value is -0.570. The van der Waals surface area contributed by atoms with E-state index in [0.717, 1.165) is 44.7 Å². The lowest BCUT2D eigenvalue weighted by Gasteiger charge is -2.30. The van der Waals surface area contributed by atoms with Gasteiger partial charge in [-0.1, -0.05) is 25.7 Å². The smallest absolute Gasteiger partial charge is 0.222 e. The fourth-order valence-electron chi connectivity index (χ4n) is 2.93. The van der Waals surface area contributed by atoms with Gasteiger partial charge in [0.2, 0.25) is 5.91 Å². The van der Waals surface area contributed by atoms with E-state index in [1.165, 1.54) is 25.7 Å². The zero-order valence-electron chi connectivity index (χ0n) is 10.2. The zero-order chi connectivity index (χ0) is 11.4. The molecule has 0 radical (unpaired) electrons. The molecule has 0 bridgehead atoms. The highest BCUT2D eigenvalue weighted by molar-refractivity contribution is 5.76. The summed E-state index contributed by atoms with van der Waals surface area (Å²) >= 11 is 0. The molecule has 1 amide bonds. The van der Waals surface area contributed by atoms with Crippen molar-refractivity contribution < 1.29 is 4.79 Å². The van der Waals surface area contributed by atoms with Gasteiger partial charge in [0.25, 0.3) is 0 Å². The number of rotatable bonds is 3. The Morgan fingerprint density at radius 3 is 2.38 bits per heavy atom. The Bertz CT molecular complexity index is 228. The lowest BCUT2D eigenvalue weighted by molar-refractivity contribution is -0.132. The molecule has 1 saturated carbocycles. The summed E-state index contributed by atoms with van der Waals surface area (Å²) in [6.07, 6.45) is 9.27. The molecule has 92 valence electrons. The van der Waals surface area contributed by atoms with Gasteiger partial charge in [0.15, 0.2) is 0 Å². The molecule has 2 N–H and O–H groups in total. The highest BCUT2D eigenvalue weighted by Crippen LogP contribution is 2.28. The number of nitrogens with two attached hydrogens (primary N) is 1. The van der Waals surface area contributed by atoms with Crippen LogP contribution in [-0.4, -0.2) is 29.9 Å². The molecule has 0 unspecified atom stereocenters. The first kappa shape index (κ1) is 11.9. The van der Waals surface area contributed by atoms with Gasteiger partial charge >= 0.3 is 0 Å². The van der Waals surface area contributed by atoms with Gasteiger partial charge in [-0.25, -0.2) is 0 Å². The molecular formula is C13H24N2O. The zero-order valence-corrected chi connectivity index (χ0v) is 10.2. The van der Waals surface area contributed by atoms with Gasteiger partial charge in [-0.3, -0.25) is 4.79 Å². The van der Waals surface area contributed by atoms with Crippen LogP contribution in [0.4, 0.5) is 0 Å². The highest BCUT2D eigenvalue weighted by Gasteiger charge is 2.22. The summed E-state index contributed by atoms with van der Waals surface area (Å²) in [6, 6.07) is 0.318. The third kappa shape index (κ3) is 3.21. The number of piperidine rings is 1. The molecule has 1 aliphatic carbocycles. The van der Waals surface area contributed by atoms with Crippen molar-refractivity contribution in [2.75, 3.05) is 13.1 Å². The van der Waals surface area contributed by atoms with E-state index in [4.69, 9.17) is 5.73 Å². The summed E-state index contributed by atoms with van der Waals surface area (Å²) < 4.78 is 0. The van der Waals surface area contributed by atoms with Crippen molar-refractivity contribution in [2.45, 2.75) is 57.4 Å². The molecule has 0 atom stereocenters. The largest absolute Gasteiger partial charge is 0.343 e. The van der Waals surface area contributed by atoms with Gasteiger partial charge < -0.3 is 10.6 Å². The standard InChI is InChI=1S/C13H24N2O/c14-12-7-9-15(10-8-12)13(16)6-5-11-3-1-2-4-11/h11-12H,1-10,14H2. The van der Waals surface area contributed by atoms with Crippen LogP contribution < -0.4 is 5.73 Å². The van der Waals surface area contributed by atoms with Gasteiger partial charge in [-0.2, -0.15) is 0 Å². The second kappa shape index (κ2) is 5.67. The first-order valence-electron chi connectivity index (χ1n) is 6.79. The number of amides is 1. The minimum atomic E-state index is 0.318. The molecule has 16 heavy (non-hydrogen) atoms. The van der Waals surface area contributed by atoms with E-state index in [1.807, 2.05) is 4.90 Å². The van der Waals surface area contributed by atoms with Crippen LogP contribution in [0.5, 0.6) is 0 Å². The molecule has 2 fully saturated rings. The minimum Gasteiger partial charge on any atom is -0.343 e. The first-order chi connectivity index (χ1) is 7.75. The van der Waals surface area contributed by atoms with Crippen molar-refractivity contribution in [2.24, 2.45) is 11.7 Å². The lowest BCUT2D eigenvalue weighted by atomic mass is 10.0. The quantitative estimate of drug-likeness (QED) is 0.796. The van der Waals surface area contributed by atoms with E-state index in [1.54, 1.807) is 0 Å². The maximum Gasteiger partial charge on any atom is 0.222 e. The Labute approximate surface area is 98.4 Å². The van der Waals surface area contributed by atoms with Crippen LogP contribution >= 0.6 is 0 Å². The van der Waals surface area contributed by atoms with E-state index in [2.05, 4.69) is 0 Å². The normalized spacial score (nSPS) is 23.9. The SMILES string of the molecule is NC1CCN(C(=O)CCC2CCCC2)CC1. The van der Waals surface area contributed by atoms with E-state index >= 15 is 0 Å². The molecule has 2 rings (SSSR count). The summed E-state index contributed by atoms with van der Waals surface area (Å²) in [6.45, 7) is 1.76. The number of hydrogen-bond donors (Lipinski definition) is 1. The molecule has 0 aromatic carbocycles. The van der Waals surface area contributed by atoms with Gasteiger partial charge in [0, 0.05) is 25.6 Å². The molecule has 1 saturated heterocycles. The molecule has 1 aliphatic heterocycles. The summed E-state index contributed by atoms with van der Waals surface area (Å²) in [5.41, 5.74) is 5.83. The molecular weight excluding hydrogens is 200 g/mol. The lowest BCUT2D eigenvalue weighted by Crippen LogP contribution is -2.42. The Kier molecular flexibility index (Phi) is 4.22. The van der Waals surface area contributed by atoms with Crippen LogP contribution in [0.1, 0.15) is 51.4 Å². The van der Waals surface area contributed by atoms with E-state index < -0.39 is 0 Å². The van der Waals surface area contributed by atoms with E-state index in [9.17, 15) is 4.79 Å². The van der Waals surface area contributed by atoms with Crippen LogP contribution in [0.15, 0.2) is 0 Å². The number of hydrogen-bond acceptors (Lipinski definition) is 2. The fraction of sp³-hybridized carbons (Fsp3) is 0.923. The molecule has 0 aromatic rings. The van der Waals surface area contributed by atoms with Gasteiger partial charge in [-0.15, -0.1) is 0 Å². The van der Waals surface area contributed by atoms with Gasteiger partial charge in [0.1, 0.15) is 0 Å². The average molecular weight is 224 g/mol. The molecule has 0 aromatic heterocycles. The monoisotopic (exact) mass is 224 g/mol. The van der Waals surface area contributed by atoms with Gasteiger partial charge in [-0.05, 0) is 25.2 Å². The van der Waals surface area contributed by atoms with E-state index in [-0.39, 0.29) is 0 Å². The van der Waals surface area contributed by atoms with Crippen LogP contribution in [-0.2, 0) is 4.79 Å². The van der Waals surface area contributed by atoms with Crippen molar-refractivity contribution in [3.05, 3.63) is 0 Å². The van der Waals surface area contributed by atoms with Crippen LogP contribution in [0.3, 0.4) is 0 Å². The number of nitrogens with zero attached hydrogens (tertiary/aromatic N) is 1. The van der Waals surface area contributed by atoms with Crippen LogP contribution in [0.25, 0.3) is 0 Å². The summed E-state index contributed by atoms with van der Waals surface area (Å²) in [5, 5.41) is 0. The molecule has 1 heterocycles. The number of likely N-dealkylation sites (tertiary alicyclic amines) is 1. The second-order valence-electron chi connectivity index (χ2n) is 5.41. The topological polar surface area (TPSA) is 46.3 Å². The van der Waals surface area contributed by atoms with Crippen molar-refractivity contribution in [3.63, 3.8) is 0 Å². The van der Waals surface area contributed by atoms with Crippen LogP contribution in [0.2, 0.25) is 0 Å². The minimum absolute atomic E-state index is 0.318. The molecule has 0 spiro atoms. The first-order valence-corrected chi connectivity index (χ1v) is 6.79. The second-order valence-corrected chi connectivity index (χ2v) is 5.41. The summed E-state index contributed by atoms with van der Waals surface area (Å²) in [7, 11) is 0. The number of carbonyl (C=O) groups is 1. The van der Waals surface area contributed by atoms with E-state index in [0.29, 0.717) is 11.9 Å². The van der Waals surface area contributed by atoms with Gasteiger partial charge in [0.05, 0.1) is 0 Å². The summed E-state index contributed by atoms with van der Waals surface area (Å²) in [5.74, 6) is 1.19. The Balaban J connectivity index is 1.67. The molecule has 3 nitrogen and oxygen atoms in total. The average Bonchev–Trinajstić information content (AvgIpc) is 2.80. The predicted molar refractivity (Wildman–Crippen MR) is 65.0 cm³/mol. The maximum atomic E-state index is 11.9. The Morgan fingerprint density at radius 1 is 1.12 bits per heavy atom. The summed E-state index contributed by atoms with van der Waals surface area (Å²) in [4.78, 5) is 14.0. The number of carbonyl (C=O) groups excluding carboxylic acids is 1. The van der Waals surface area contributed by atoms with Crippen molar-refractivity contribution in [1.82, 2.24) is 4.90 Å². The Morgan fingerprint density at radius 2 is 1.75 bits per heavy atom. The third-order valence-corrected chi connectivity index (χ3v) is 4.13. The maximum absolute atomic E-state index is 11.9. The highest BCUT2D eigenvalue weighted by atomic mass is 16.2. The molecule has 2 aliphatic rings. The third-order valence-electron chi connectivity index (χ3n) is 4.13. The van der Waals surface area contributed by atoms with Crippen molar-refractivity contribution in [1.29, 1.82) is 0 Å². The van der Waals surface area contributed by atoms with Crippen LogP contribution in [0, 0.1) is 5.92 Å².